The van der Waals surface area contributed by atoms with Crippen molar-refractivity contribution in [3.8, 4) is 11.5 Å². The van der Waals surface area contributed by atoms with Crippen molar-refractivity contribution in [3.63, 3.8) is 0 Å². The van der Waals surface area contributed by atoms with E-state index >= 15 is 0 Å². The number of halogens is 1. The highest BCUT2D eigenvalue weighted by Gasteiger charge is 2.12. The van der Waals surface area contributed by atoms with Gasteiger partial charge in [0.2, 0.25) is 0 Å². The third kappa shape index (κ3) is 6.00. The lowest BCUT2D eigenvalue weighted by atomic mass is 10.2. The van der Waals surface area contributed by atoms with E-state index in [0.717, 1.165) is 5.56 Å². The van der Waals surface area contributed by atoms with Gasteiger partial charge in [0.05, 0.1) is 22.7 Å². The molecule has 0 atom stereocenters. The Morgan fingerprint density at radius 1 is 1.29 bits per heavy atom. The number of hydrogen-bond donors (Lipinski definition) is 3. The summed E-state index contributed by atoms with van der Waals surface area (Å²) in [6, 6.07) is 9.67. The van der Waals surface area contributed by atoms with Crippen LogP contribution < -0.4 is 25.8 Å². The number of para-hydroxylation sites is 1. The molecule has 0 heterocycles. The fraction of sp³-hybridized carbons (Fsp3) is 0.278. The molecule has 150 valence electrons. The average molecular weight is 409 g/mol. The van der Waals surface area contributed by atoms with Crippen LogP contribution in [0.2, 0.25) is 5.02 Å². The summed E-state index contributed by atoms with van der Waals surface area (Å²) in [4.78, 5) is 21.2. The number of carbonyl (C=O) groups is 1. The molecular weight excluding hydrogens is 388 g/mol. The van der Waals surface area contributed by atoms with Gasteiger partial charge in [-0.3, -0.25) is 14.9 Å². The van der Waals surface area contributed by atoms with Gasteiger partial charge in [-0.2, -0.15) is 0 Å². The zero-order valence-electron chi connectivity index (χ0n) is 15.2. The van der Waals surface area contributed by atoms with Crippen molar-refractivity contribution in [3.05, 3.63) is 57.1 Å². The lowest BCUT2D eigenvalue weighted by Gasteiger charge is -2.15. The predicted molar refractivity (Wildman–Crippen MR) is 106 cm³/mol. The molecule has 2 rings (SSSR count). The molecule has 0 aromatic heterocycles. The number of non-ortho nitro benzene ring substituents is 1. The number of nitro groups is 1. The first kappa shape index (κ1) is 21.3. The van der Waals surface area contributed by atoms with Gasteiger partial charge in [0.1, 0.15) is 0 Å². The fourth-order valence-electron chi connectivity index (χ4n) is 2.44. The molecular formula is C18H21ClN4O5. The van der Waals surface area contributed by atoms with E-state index in [1.54, 1.807) is 12.1 Å². The minimum absolute atomic E-state index is 0.0600. The van der Waals surface area contributed by atoms with Gasteiger partial charge in [0.15, 0.2) is 18.1 Å². The van der Waals surface area contributed by atoms with E-state index in [1.165, 1.54) is 19.2 Å². The number of nitrogens with two attached hydrogens (primary N) is 1. The van der Waals surface area contributed by atoms with Gasteiger partial charge in [-0.1, -0.05) is 23.7 Å². The number of benzene rings is 2. The number of nitrogens with one attached hydrogen (secondary N) is 2. The minimum atomic E-state index is -0.575. The maximum atomic E-state index is 11.0. The lowest BCUT2D eigenvalue weighted by molar-refractivity contribution is -0.384. The highest BCUT2D eigenvalue weighted by atomic mass is 35.5. The van der Waals surface area contributed by atoms with Gasteiger partial charge in [-0.05, 0) is 12.1 Å². The summed E-state index contributed by atoms with van der Waals surface area (Å²) in [5.74, 6) is 0.396. The number of anilines is 1. The normalized spacial score (nSPS) is 10.4. The topological polar surface area (TPSA) is 129 Å². The van der Waals surface area contributed by atoms with E-state index < -0.39 is 10.8 Å². The second-order valence-electron chi connectivity index (χ2n) is 5.73. The molecule has 0 bridgehead atoms. The van der Waals surface area contributed by atoms with Crippen molar-refractivity contribution in [2.24, 2.45) is 5.73 Å². The third-order valence-electron chi connectivity index (χ3n) is 3.74. The van der Waals surface area contributed by atoms with E-state index in [0.29, 0.717) is 36.8 Å². The fourth-order valence-corrected chi connectivity index (χ4v) is 2.68. The summed E-state index contributed by atoms with van der Waals surface area (Å²) in [5.41, 5.74) is 6.50. The van der Waals surface area contributed by atoms with Crippen LogP contribution in [0, 0.1) is 10.1 Å². The van der Waals surface area contributed by atoms with E-state index in [9.17, 15) is 14.9 Å². The Bertz CT molecular complexity index is 847. The predicted octanol–water partition coefficient (Wildman–Crippen LogP) is 2.32. The molecule has 1 amide bonds. The quantitative estimate of drug-likeness (QED) is 0.295. The molecule has 0 aliphatic heterocycles. The van der Waals surface area contributed by atoms with Crippen molar-refractivity contribution in [1.29, 1.82) is 0 Å². The van der Waals surface area contributed by atoms with E-state index in [1.807, 2.05) is 12.1 Å². The van der Waals surface area contributed by atoms with Gasteiger partial charge in [0.25, 0.3) is 11.6 Å². The smallest absolute Gasteiger partial charge is 0.271 e. The Balaban J connectivity index is 1.88. The highest BCUT2D eigenvalue weighted by molar-refractivity contribution is 6.33. The average Bonchev–Trinajstić information content (AvgIpc) is 2.67. The zero-order chi connectivity index (χ0) is 20.5. The summed E-state index contributed by atoms with van der Waals surface area (Å²) < 4.78 is 10.7. The van der Waals surface area contributed by atoms with Crippen LogP contribution in [-0.4, -0.2) is 37.6 Å². The summed E-state index contributed by atoms with van der Waals surface area (Å²) in [6.45, 7) is 1.35. The number of rotatable bonds is 11. The van der Waals surface area contributed by atoms with E-state index in [2.05, 4.69) is 10.6 Å². The largest absolute Gasteiger partial charge is 0.493 e. The van der Waals surface area contributed by atoms with Crippen LogP contribution in [0.15, 0.2) is 36.4 Å². The maximum Gasteiger partial charge on any atom is 0.271 e. The number of nitro benzene ring substituents is 1. The van der Waals surface area contributed by atoms with Crippen molar-refractivity contribution >= 4 is 28.9 Å². The Hall–Kier alpha value is -3.04. The molecule has 0 radical (unpaired) electrons. The summed E-state index contributed by atoms with van der Waals surface area (Å²) >= 11 is 6.04. The molecule has 0 saturated heterocycles. The standard InChI is InChI=1S/C18H21ClN4O5/c1-27-16-4-2-3-12(18(16)28-11-17(20)24)10-21-7-8-22-15-6-5-13(23(25)26)9-14(15)19/h2-6,9,21-22H,7-8,10-11H2,1H3,(H2,20,24). The number of methoxy groups -OCH3 is 1. The molecule has 0 aliphatic rings. The van der Waals surface area contributed by atoms with Crippen LogP contribution in [0.3, 0.4) is 0 Å². The molecule has 4 N–H and O–H groups in total. The Labute approximate surface area is 166 Å². The molecule has 0 unspecified atom stereocenters. The van der Waals surface area contributed by atoms with Crippen LogP contribution >= 0.6 is 11.6 Å². The first-order chi connectivity index (χ1) is 13.4. The van der Waals surface area contributed by atoms with Gasteiger partial charge in [0, 0.05) is 37.3 Å². The van der Waals surface area contributed by atoms with Crippen molar-refractivity contribution < 1.29 is 19.2 Å². The van der Waals surface area contributed by atoms with Crippen LogP contribution in [-0.2, 0) is 11.3 Å². The highest BCUT2D eigenvalue weighted by Crippen LogP contribution is 2.31. The van der Waals surface area contributed by atoms with Crippen LogP contribution in [0.25, 0.3) is 0 Å². The second kappa shape index (κ2) is 10.3. The molecule has 0 saturated carbocycles. The second-order valence-corrected chi connectivity index (χ2v) is 6.14. The minimum Gasteiger partial charge on any atom is -0.493 e. The van der Waals surface area contributed by atoms with Crippen molar-refractivity contribution in [1.82, 2.24) is 5.32 Å². The number of hydrogen-bond acceptors (Lipinski definition) is 7. The number of primary amides is 1. The zero-order valence-corrected chi connectivity index (χ0v) is 16.0. The Morgan fingerprint density at radius 2 is 2.07 bits per heavy atom. The SMILES string of the molecule is COc1cccc(CNCCNc2ccc([N+](=O)[O-])cc2Cl)c1OCC(N)=O. The van der Waals surface area contributed by atoms with Crippen LogP contribution in [0.5, 0.6) is 11.5 Å². The third-order valence-corrected chi connectivity index (χ3v) is 4.05. The van der Waals surface area contributed by atoms with Crippen LogP contribution in [0.1, 0.15) is 5.56 Å². The molecule has 2 aromatic carbocycles. The number of amides is 1. The van der Waals surface area contributed by atoms with E-state index in [4.69, 9.17) is 26.8 Å². The number of ether oxygens (including phenoxy) is 2. The first-order valence-electron chi connectivity index (χ1n) is 8.38. The molecule has 0 fully saturated rings. The molecule has 0 aliphatic carbocycles. The molecule has 10 heteroatoms. The Morgan fingerprint density at radius 3 is 2.71 bits per heavy atom. The van der Waals surface area contributed by atoms with Gasteiger partial charge in [-0.15, -0.1) is 0 Å². The maximum absolute atomic E-state index is 11.0. The molecule has 2 aromatic rings. The van der Waals surface area contributed by atoms with Crippen molar-refractivity contribution in [2.45, 2.75) is 6.54 Å². The summed E-state index contributed by atoms with van der Waals surface area (Å²) in [6.07, 6.45) is 0. The first-order valence-corrected chi connectivity index (χ1v) is 8.75. The summed E-state index contributed by atoms with van der Waals surface area (Å²) in [7, 11) is 1.52. The van der Waals surface area contributed by atoms with E-state index in [-0.39, 0.29) is 17.3 Å². The number of nitrogens with zero attached hydrogens (tertiary/aromatic N) is 1. The molecule has 9 nitrogen and oxygen atoms in total. The Kier molecular flexibility index (Phi) is 7.85. The molecule has 0 spiro atoms. The summed E-state index contributed by atoms with van der Waals surface area (Å²) in [5, 5.41) is 17.4. The van der Waals surface area contributed by atoms with Gasteiger partial charge < -0.3 is 25.8 Å². The molecule has 28 heavy (non-hydrogen) atoms. The van der Waals surface area contributed by atoms with Crippen LogP contribution in [0.4, 0.5) is 11.4 Å². The van der Waals surface area contributed by atoms with Gasteiger partial charge in [-0.25, -0.2) is 0 Å². The monoisotopic (exact) mass is 408 g/mol. The lowest BCUT2D eigenvalue weighted by Crippen LogP contribution is -2.23. The number of carbonyl (C=O) groups excluding carboxylic acids is 1. The van der Waals surface area contributed by atoms with Gasteiger partial charge >= 0.3 is 0 Å². The van der Waals surface area contributed by atoms with Crippen molar-refractivity contribution in [2.75, 3.05) is 32.1 Å².